The first kappa shape index (κ1) is 33.4. The molecule has 3 atom stereocenters. The maximum atomic E-state index is 12.9. The van der Waals surface area contributed by atoms with Gasteiger partial charge in [-0.1, -0.05) is 13.8 Å². The van der Waals surface area contributed by atoms with E-state index in [4.69, 9.17) is 15.9 Å². The van der Waals surface area contributed by atoms with Gasteiger partial charge >= 0.3 is 11.9 Å². The standard InChI is InChI=1S/C24H37N3O10/c1-13(2)8-18(27-21(32)6-4-14(3)28)19(30)10-16(11-20(25)31)23(35)26-12-17(29)9-15(24(36)37)5-7-22(33)34/h13,15-16,18H,4-12H2,1-3H3,(H2,25,31)(H,26,35)(H,27,32)(H,33,34)(H,36,37)/t15-,16+,18+/m1/s1. The molecule has 0 saturated carbocycles. The number of rotatable bonds is 20. The summed E-state index contributed by atoms with van der Waals surface area (Å²) in [7, 11) is 0. The van der Waals surface area contributed by atoms with Crippen molar-refractivity contribution in [2.24, 2.45) is 23.5 Å². The van der Waals surface area contributed by atoms with Gasteiger partial charge in [0.25, 0.3) is 0 Å². The molecule has 0 aromatic rings. The third kappa shape index (κ3) is 15.9. The molecule has 37 heavy (non-hydrogen) atoms. The summed E-state index contributed by atoms with van der Waals surface area (Å²) in [6.07, 6.45) is -2.02. The van der Waals surface area contributed by atoms with Gasteiger partial charge in [0.05, 0.1) is 24.4 Å². The van der Waals surface area contributed by atoms with E-state index < -0.39 is 91.3 Å². The lowest BCUT2D eigenvalue weighted by Crippen LogP contribution is -2.44. The number of primary amides is 1. The second kappa shape index (κ2) is 16.9. The number of carboxylic acids is 2. The zero-order valence-electron chi connectivity index (χ0n) is 21.4. The molecule has 0 aliphatic rings. The summed E-state index contributed by atoms with van der Waals surface area (Å²) in [5.41, 5.74) is 5.21. The van der Waals surface area contributed by atoms with Crippen LogP contribution in [-0.4, -0.2) is 69.8 Å². The molecule has 3 amide bonds. The van der Waals surface area contributed by atoms with Gasteiger partial charge in [0.1, 0.15) is 5.78 Å². The highest BCUT2D eigenvalue weighted by Crippen LogP contribution is 2.16. The predicted molar refractivity (Wildman–Crippen MR) is 129 cm³/mol. The topological polar surface area (TPSA) is 227 Å². The van der Waals surface area contributed by atoms with E-state index in [2.05, 4.69) is 10.6 Å². The largest absolute Gasteiger partial charge is 0.481 e. The van der Waals surface area contributed by atoms with Crippen molar-refractivity contribution in [3.05, 3.63) is 0 Å². The Kier molecular flexibility index (Phi) is 15.3. The number of hydrogen-bond donors (Lipinski definition) is 5. The molecule has 0 unspecified atom stereocenters. The number of Topliss-reactive ketones (excluding diaryl/α,β-unsaturated/α-hetero) is 3. The minimum Gasteiger partial charge on any atom is -0.481 e. The highest BCUT2D eigenvalue weighted by molar-refractivity contribution is 5.96. The Morgan fingerprint density at radius 2 is 1.46 bits per heavy atom. The molecule has 6 N–H and O–H groups in total. The average molecular weight is 528 g/mol. The van der Waals surface area contributed by atoms with Crippen LogP contribution in [0.15, 0.2) is 0 Å². The predicted octanol–water partition coefficient (Wildman–Crippen LogP) is -0.0217. The van der Waals surface area contributed by atoms with Crippen LogP contribution in [0.1, 0.15) is 72.1 Å². The Bertz CT molecular complexity index is 884. The summed E-state index contributed by atoms with van der Waals surface area (Å²) < 4.78 is 0. The highest BCUT2D eigenvalue weighted by Gasteiger charge is 2.30. The fourth-order valence-corrected chi connectivity index (χ4v) is 3.47. The Morgan fingerprint density at radius 1 is 0.838 bits per heavy atom. The average Bonchev–Trinajstić information content (AvgIpc) is 2.76. The van der Waals surface area contributed by atoms with Crippen LogP contribution in [0, 0.1) is 17.8 Å². The van der Waals surface area contributed by atoms with E-state index in [9.17, 15) is 38.4 Å². The maximum Gasteiger partial charge on any atom is 0.306 e. The van der Waals surface area contributed by atoms with E-state index in [0.29, 0.717) is 0 Å². The second-order valence-corrected chi connectivity index (χ2v) is 9.42. The van der Waals surface area contributed by atoms with Crippen molar-refractivity contribution < 1.29 is 48.6 Å². The van der Waals surface area contributed by atoms with Crippen LogP contribution in [-0.2, 0) is 38.4 Å². The minimum absolute atomic E-state index is 0.00796. The molecule has 0 bridgehead atoms. The lowest BCUT2D eigenvalue weighted by molar-refractivity contribution is -0.145. The molecule has 0 spiro atoms. The number of carbonyl (C=O) groups is 8. The summed E-state index contributed by atoms with van der Waals surface area (Å²) in [5.74, 6) is -8.65. The van der Waals surface area contributed by atoms with Crippen molar-refractivity contribution in [3.63, 3.8) is 0 Å². The summed E-state index contributed by atoms with van der Waals surface area (Å²) in [5, 5.41) is 22.7. The third-order valence-corrected chi connectivity index (χ3v) is 5.39. The van der Waals surface area contributed by atoms with Gasteiger partial charge in [0.15, 0.2) is 11.6 Å². The molecule has 0 saturated heterocycles. The van der Waals surface area contributed by atoms with Crippen LogP contribution in [0.2, 0.25) is 0 Å². The van der Waals surface area contributed by atoms with E-state index >= 15 is 0 Å². The van der Waals surface area contributed by atoms with E-state index in [0.717, 1.165) is 0 Å². The molecule has 208 valence electrons. The van der Waals surface area contributed by atoms with E-state index in [1.54, 1.807) is 0 Å². The normalized spacial score (nSPS) is 13.2. The van der Waals surface area contributed by atoms with Crippen LogP contribution in [0.5, 0.6) is 0 Å². The van der Waals surface area contributed by atoms with Crippen molar-refractivity contribution in [1.82, 2.24) is 10.6 Å². The van der Waals surface area contributed by atoms with Crippen LogP contribution in [0.4, 0.5) is 0 Å². The third-order valence-electron chi connectivity index (χ3n) is 5.39. The van der Waals surface area contributed by atoms with Crippen molar-refractivity contribution in [1.29, 1.82) is 0 Å². The molecule has 0 heterocycles. The van der Waals surface area contributed by atoms with Crippen molar-refractivity contribution in [2.75, 3.05) is 6.54 Å². The minimum atomic E-state index is -1.35. The molecule has 0 fully saturated rings. The number of amides is 3. The number of ketones is 3. The van der Waals surface area contributed by atoms with Gasteiger partial charge in [0, 0.05) is 38.5 Å². The van der Waals surface area contributed by atoms with Gasteiger partial charge in [-0.05, 0) is 25.7 Å². The molecule has 0 rings (SSSR count). The fraction of sp³-hybridized carbons (Fsp3) is 0.667. The Morgan fingerprint density at radius 3 is 1.95 bits per heavy atom. The number of aliphatic carboxylic acids is 2. The number of carbonyl (C=O) groups excluding carboxylic acids is 6. The van der Waals surface area contributed by atoms with Crippen molar-refractivity contribution in [3.8, 4) is 0 Å². The van der Waals surface area contributed by atoms with Gasteiger partial charge in [-0.25, -0.2) is 0 Å². The lowest BCUT2D eigenvalue weighted by Gasteiger charge is -2.22. The van der Waals surface area contributed by atoms with Crippen molar-refractivity contribution in [2.45, 2.75) is 78.2 Å². The van der Waals surface area contributed by atoms with Crippen LogP contribution < -0.4 is 16.4 Å². The number of nitrogens with two attached hydrogens (primary N) is 1. The SMILES string of the molecule is CC(=O)CCC(=O)N[C@@H](CC(C)C)C(=O)C[C@@H](CC(N)=O)C(=O)NCC(=O)C[C@@H](CCC(=O)O)C(=O)O. The maximum absolute atomic E-state index is 12.9. The van der Waals surface area contributed by atoms with Crippen molar-refractivity contribution >= 4 is 47.0 Å². The lowest BCUT2D eigenvalue weighted by atomic mass is 9.90. The molecule has 0 aromatic carbocycles. The molecule has 0 aliphatic carbocycles. The van der Waals surface area contributed by atoms with Crippen LogP contribution in [0.3, 0.4) is 0 Å². The van der Waals surface area contributed by atoms with Gasteiger partial charge in [-0.3, -0.25) is 33.6 Å². The molecule has 0 aromatic heterocycles. The summed E-state index contributed by atoms with van der Waals surface area (Å²) in [6.45, 7) is 4.39. The molecule has 13 heteroatoms. The number of nitrogens with one attached hydrogen (secondary N) is 2. The highest BCUT2D eigenvalue weighted by atomic mass is 16.4. The molecule has 13 nitrogen and oxygen atoms in total. The molecular formula is C24H37N3O10. The van der Waals surface area contributed by atoms with E-state index in [1.807, 2.05) is 13.8 Å². The second-order valence-electron chi connectivity index (χ2n) is 9.42. The smallest absolute Gasteiger partial charge is 0.306 e. The quantitative estimate of drug-likeness (QED) is 0.142. The summed E-state index contributed by atoms with van der Waals surface area (Å²) in [4.78, 5) is 94.5. The van der Waals surface area contributed by atoms with E-state index in [1.165, 1.54) is 6.92 Å². The van der Waals surface area contributed by atoms with E-state index in [-0.39, 0.29) is 37.4 Å². The summed E-state index contributed by atoms with van der Waals surface area (Å²) in [6, 6.07) is -0.963. The van der Waals surface area contributed by atoms with Gasteiger partial charge < -0.3 is 31.4 Å². The Balaban J connectivity index is 5.24. The van der Waals surface area contributed by atoms with Gasteiger partial charge in [0.2, 0.25) is 17.7 Å². The summed E-state index contributed by atoms with van der Waals surface area (Å²) >= 11 is 0. The number of hydrogen-bond acceptors (Lipinski definition) is 8. The fourth-order valence-electron chi connectivity index (χ4n) is 3.47. The first-order chi connectivity index (χ1) is 17.1. The van der Waals surface area contributed by atoms with Gasteiger partial charge in [-0.15, -0.1) is 0 Å². The first-order valence-electron chi connectivity index (χ1n) is 12.0. The van der Waals surface area contributed by atoms with Gasteiger partial charge in [-0.2, -0.15) is 0 Å². The molecular weight excluding hydrogens is 490 g/mol. The monoisotopic (exact) mass is 527 g/mol. The molecule has 0 aliphatic heterocycles. The number of carboxylic acid groups (broad SMARTS) is 2. The van der Waals surface area contributed by atoms with Crippen LogP contribution >= 0.6 is 0 Å². The molecule has 0 radical (unpaired) electrons. The Hall–Kier alpha value is -3.64. The zero-order chi connectivity index (χ0) is 28.7. The Labute approximate surface area is 214 Å². The van der Waals surface area contributed by atoms with Crippen LogP contribution in [0.25, 0.3) is 0 Å². The first-order valence-corrected chi connectivity index (χ1v) is 12.0. The zero-order valence-corrected chi connectivity index (χ0v) is 21.4.